The highest BCUT2D eigenvalue weighted by Gasteiger charge is 2.19. The zero-order valence-electron chi connectivity index (χ0n) is 15.9. The molecule has 0 amide bonds. The van der Waals surface area contributed by atoms with Crippen LogP contribution in [-0.4, -0.2) is 28.5 Å². The molecule has 1 aliphatic rings. The molecule has 140 valence electrons. The van der Waals surface area contributed by atoms with Crippen LogP contribution in [0.15, 0.2) is 42.6 Å². The second-order valence-corrected chi connectivity index (χ2v) is 8.13. The van der Waals surface area contributed by atoms with E-state index in [0.717, 1.165) is 50.5 Å². The van der Waals surface area contributed by atoms with Gasteiger partial charge < -0.3 is 4.74 Å². The molecular weight excluding hydrogens is 354 g/mol. The van der Waals surface area contributed by atoms with Crippen LogP contribution in [-0.2, 0) is 25.9 Å². The third-order valence-electron chi connectivity index (χ3n) is 4.95. The van der Waals surface area contributed by atoms with Crippen LogP contribution in [0.1, 0.15) is 35.3 Å². The molecule has 4 rings (SSSR count). The molecule has 1 aliphatic heterocycles. The number of aromatic nitrogens is 2. The van der Waals surface area contributed by atoms with E-state index in [1.165, 1.54) is 26.6 Å². The zero-order valence-corrected chi connectivity index (χ0v) is 16.8. The molecule has 0 spiro atoms. The van der Waals surface area contributed by atoms with E-state index >= 15 is 0 Å². The first-order valence-corrected chi connectivity index (χ1v) is 10.4. The normalized spacial score (nSPS) is 14.1. The Morgan fingerprint density at radius 2 is 2.00 bits per heavy atom. The molecular formula is C22H25N3OS. The summed E-state index contributed by atoms with van der Waals surface area (Å²) in [6.45, 7) is 5.16. The van der Waals surface area contributed by atoms with Gasteiger partial charge in [0.15, 0.2) is 0 Å². The fourth-order valence-electron chi connectivity index (χ4n) is 3.49. The molecule has 0 saturated carbocycles. The van der Waals surface area contributed by atoms with E-state index in [2.05, 4.69) is 41.1 Å². The summed E-state index contributed by atoms with van der Waals surface area (Å²) >= 11 is 1.87. The van der Waals surface area contributed by atoms with Crippen LogP contribution >= 0.6 is 11.3 Å². The standard InChI is InChI=1S/C22H25N3OS/c1-3-4-22-23-13-17-14-25(12-11-20(17)24-22)15-19-9-10-21(27-19)16-5-7-18(26-2)8-6-16/h5-10,13H,3-4,11-12,14-15H2,1-2H3. The molecule has 0 atom stereocenters. The fourth-order valence-corrected chi connectivity index (χ4v) is 4.54. The molecule has 0 aliphatic carbocycles. The summed E-state index contributed by atoms with van der Waals surface area (Å²) in [6.07, 6.45) is 5.13. The van der Waals surface area contributed by atoms with Gasteiger partial charge in [0.25, 0.3) is 0 Å². The van der Waals surface area contributed by atoms with E-state index in [1.807, 2.05) is 29.7 Å². The maximum absolute atomic E-state index is 5.25. The van der Waals surface area contributed by atoms with Crippen LogP contribution in [0.4, 0.5) is 0 Å². The second-order valence-electron chi connectivity index (χ2n) is 6.96. The summed E-state index contributed by atoms with van der Waals surface area (Å²) in [5.74, 6) is 1.89. The first kappa shape index (κ1) is 18.1. The van der Waals surface area contributed by atoms with Gasteiger partial charge in [-0.15, -0.1) is 11.3 Å². The van der Waals surface area contributed by atoms with Crippen molar-refractivity contribution in [2.45, 2.75) is 39.3 Å². The Kier molecular flexibility index (Phi) is 5.50. The van der Waals surface area contributed by atoms with Gasteiger partial charge in [-0.2, -0.15) is 0 Å². The topological polar surface area (TPSA) is 38.2 Å². The highest BCUT2D eigenvalue weighted by atomic mass is 32.1. The summed E-state index contributed by atoms with van der Waals surface area (Å²) in [5, 5.41) is 0. The summed E-state index contributed by atoms with van der Waals surface area (Å²) in [4.78, 5) is 14.5. The summed E-state index contributed by atoms with van der Waals surface area (Å²) in [7, 11) is 1.70. The molecule has 5 heteroatoms. The molecule has 0 N–H and O–H groups in total. The van der Waals surface area contributed by atoms with Crippen molar-refractivity contribution >= 4 is 11.3 Å². The molecule has 4 nitrogen and oxygen atoms in total. The minimum absolute atomic E-state index is 0.895. The molecule has 0 fully saturated rings. The van der Waals surface area contributed by atoms with E-state index in [9.17, 15) is 0 Å². The van der Waals surface area contributed by atoms with Crippen molar-refractivity contribution in [1.82, 2.24) is 14.9 Å². The number of thiophene rings is 1. The zero-order chi connectivity index (χ0) is 18.6. The molecule has 0 bridgehead atoms. The van der Waals surface area contributed by atoms with Crippen LogP contribution in [0.5, 0.6) is 5.75 Å². The maximum Gasteiger partial charge on any atom is 0.128 e. The third kappa shape index (κ3) is 4.20. The van der Waals surface area contributed by atoms with Gasteiger partial charge in [-0.1, -0.05) is 6.92 Å². The molecule has 1 aromatic carbocycles. The van der Waals surface area contributed by atoms with E-state index < -0.39 is 0 Å². The van der Waals surface area contributed by atoms with Crippen molar-refractivity contribution in [2.75, 3.05) is 13.7 Å². The Morgan fingerprint density at radius 3 is 2.78 bits per heavy atom. The largest absolute Gasteiger partial charge is 0.497 e. The minimum atomic E-state index is 0.895. The Labute approximate surface area is 164 Å². The maximum atomic E-state index is 5.25. The molecule has 0 unspecified atom stereocenters. The number of fused-ring (bicyclic) bond motifs is 1. The van der Waals surface area contributed by atoms with Crippen molar-refractivity contribution < 1.29 is 4.74 Å². The number of aryl methyl sites for hydroxylation is 1. The first-order valence-electron chi connectivity index (χ1n) is 9.54. The van der Waals surface area contributed by atoms with Gasteiger partial charge in [0.2, 0.25) is 0 Å². The summed E-state index contributed by atoms with van der Waals surface area (Å²) in [5.41, 5.74) is 3.77. The molecule has 3 heterocycles. The van der Waals surface area contributed by atoms with E-state index in [1.54, 1.807) is 7.11 Å². The molecule has 0 saturated heterocycles. The predicted molar refractivity (Wildman–Crippen MR) is 110 cm³/mol. The number of hydrogen-bond acceptors (Lipinski definition) is 5. The van der Waals surface area contributed by atoms with Gasteiger partial charge in [0.1, 0.15) is 11.6 Å². The van der Waals surface area contributed by atoms with E-state index in [4.69, 9.17) is 9.72 Å². The van der Waals surface area contributed by atoms with E-state index in [-0.39, 0.29) is 0 Å². The van der Waals surface area contributed by atoms with Crippen molar-refractivity contribution in [3.05, 3.63) is 64.6 Å². The lowest BCUT2D eigenvalue weighted by Gasteiger charge is -2.27. The molecule has 3 aromatic rings. The number of benzene rings is 1. The van der Waals surface area contributed by atoms with Crippen LogP contribution in [0.3, 0.4) is 0 Å². The van der Waals surface area contributed by atoms with Gasteiger partial charge >= 0.3 is 0 Å². The number of hydrogen-bond donors (Lipinski definition) is 0. The van der Waals surface area contributed by atoms with E-state index in [0.29, 0.717) is 0 Å². The monoisotopic (exact) mass is 379 g/mol. The Morgan fingerprint density at radius 1 is 1.15 bits per heavy atom. The highest BCUT2D eigenvalue weighted by molar-refractivity contribution is 7.15. The Hall–Kier alpha value is -2.24. The smallest absolute Gasteiger partial charge is 0.128 e. The van der Waals surface area contributed by atoms with Crippen molar-refractivity contribution in [2.24, 2.45) is 0 Å². The first-order chi connectivity index (χ1) is 13.2. The lowest BCUT2D eigenvalue weighted by Crippen LogP contribution is -2.30. The Bertz CT molecular complexity index is 904. The number of nitrogens with zero attached hydrogens (tertiary/aromatic N) is 3. The van der Waals surface area contributed by atoms with Crippen LogP contribution in [0.25, 0.3) is 10.4 Å². The van der Waals surface area contributed by atoms with Crippen LogP contribution in [0.2, 0.25) is 0 Å². The van der Waals surface area contributed by atoms with Gasteiger partial charge in [-0.25, -0.2) is 9.97 Å². The lowest BCUT2D eigenvalue weighted by atomic mass is 10.1. The molecule has 0 radical (unpaired) electrons. The van der Waals surface area contributed by atoms with Gasteiger partial charge in [0, 0.05) is 59.7 Å². The van der Waals surface area contributed by atoms with Gasteiger partial charge in [0.05, 0.1) is 7.11 Å². The predicted octanol–water partition coefficient (Wildman–Crippen LogP) is 4.72. The molecule has 2 aromatic heterocycles. The van der Waals surface area contributed by atoms with Gasteiger partial charge in [-0.05, 0) is 48.4 Å². The average molecular weight is 380 g/mol. The molecule has 27 heavy (non-hydrogen) atoms. The lowest BCUT2D eigenvalue weighted by molar-refractivity contribution is 0.244. The highest BCUT2D eigenvalue weighted by Crippen LogP contribution is 2.31. The fraction of sp³-hybridized carbons (Fsp3) is 0.364. The SMILES string of the molecule is CCCc1ncc2c(n1)CCN(Cc1ccc(-c3ccc(OC)cc3)s1)C2. The summed E-state index contributed by atoms with van der Waals surface area (Å²) in [6, 6.07) is 12.8. The number of ether oxygens (including phenoxy) is 1. The summed E-state index contributed by atoms with van der Waals surface area (Å²) < 4.78 is 5.25. The quantitative estimate of drug-likeness (QED) is 0.621. The average Bonchev–Trinajstić information content (AvgIpc) is 3.17. The van der Waals surface area contributed by atoms with Crippen LogP contribution < -0.4 is 4.74 Å². The number of methoxy groups -OCH3 is 1. The Balaban J connectivity index is 1.42. The van der Waals surface area contributed by atoms with Crippen molar-refractivity contribution in [3.8, 4) is 16.2 Å². The van der Waals surface area contributed by atoms with Crippen molar-refractivity contribution in [1.29, 1.82) is 0 Å². The second kappa shape index (κ2) is 8.19. The number of rotatable bonds is 6. The third-order valence-corrected chi connectivity index (χ3v) is 6.07. The van der Waals surface area contributed by atoms with Crippen LogP contribution in [0, 0.1) is 0 Å². The van der Waals surface area contributed by atoms with Gasteiger partial charge in [-0.3, -0.25) is 4.90 Å². The van der Waals surface area contributed by atoms with Crippen molar-refractivity contribution in [3.63, 3.8) is 0 Å². The minimum Gasteiger partial charge on any atom is -0.497 e.